The summed E-state index contributed by atoms with van der Waals surface area (Å²) in [6, 6.07) is 9.97. The summed E-state index contributed by atoms with van der Waals surface area (Å²) in [4.78, 5) is 12.0. The number of carbonyl (C=O) groups is 1. The van der Waals surface area contributed by atoms with Crippen LogP contribution in [0.5, 0.6) is 0 Å². The van der Waals surface area contributed by atoms with E-state index < -0.39 is 38.5 Å². The van der Waals surface area contributed by atoms with Crippen LogP contribution in [0.4, 0.5) is 14.5 Å². The number of benzene rings is 2. The van der Waals surface area contributed by atoms with E-state index in [-0.39, 0.29) is 17.2 Å². The predicted octanol–water partition coefficient (Wildman–Crippen LogP) is 3.59. The Hall–Kier alpha value is -2.76. The average Bonchev–Trinajstić information content (AvgIpc) is 3.38. The fourth-order valence-electron chi connectivity index (χ4n) is 3.27. The van der Waals surface area contributed by atoms with Crippen LogP contribution < -0.4 is 5.32 Å². The molecule has 1 aliphatic rings. The van der Waals surface area contributed by atoms with Gasteiger partial charge in [-0.15, -0.1) is 10.2 Å². The van der Waals surface area contributed by atoms with Gasteiger partial charge in [-0.3, -0.25) is 4.79 Å². The molecule has 30 heavy (non-hydrogen) atoms. The number of sulfonamides is 1. The van der Waals surface area contributed by atoms with Crippen molar-refractivity contribution in [2.75, 3.05) is 11.9 Å². The molecule has 3 aromatic rings. The van der Waals surface area contributed by atoms with Gasteiger partial charge >= 0.3 is 0 Å². The Morgan fingerprint density at radius 1 is 1.13 bits per heavy atom. The highest BCUT2D eigenvalue weighted by Gasteiger charge is 2.39. The van der Waals surface area contributed by atoms with Crippen LogP contribution in [0.3, 0.4) is 0 Å². The molecule has 1 saturated heterocycles. The van der Waals surface area contributed by atoms with Gasteiger partial charge in [0.15, 0.2) is 0 Å². The molecule has 7 nitrogen and oxygen atoms in total. The number of hydrogen-bond donors (Lipinski definition) is 1. The quantitative estimate of drug-likeness (QED) is 0.641. The Kier molecular flexibility index (Phi) is 5.58. The number of nitrogens with one attached hydrogen (secondary N) is 1. The standard InChI is InChI=1S/C19H16F2N4O3S2/c20-12-5-3-6-13(11-12)22-17(26)19-24-23-18(29-19)15-8-4-10-25(15)30(27,28)16-9-2-1-7-14(16)21/h1-3,5-7,9,11,15H,4,8,10H2,(H,22,26)/t15-/m1/s1. The summed E-state index contributed by atoms with van der Waals surface area (Å²) in [5.74, 6) is -1.90. The average molecular weight is 450 g/mol. The first-order valence-electron chi connectivity index (χ1n) is 9.03. The van der Waals surface area contributed by atoms with Crippen LogP contribution in [-0.4, -0.2) is 35.4 Å². The van der Waals surface area contributed by atoms with Crippen molar-refractivity contribution in [1.29, 1.82) is 0 Å². The summed E-state index contributed by atoms with van der Waals surface area (Å²) in [7, 11) is -4.08. The van der Waals surface area contributed by atoms with Crippen molar-refractivity contribution in [2.24, 2.45) is 0 Å². The second-order valence-electron chi connectivity index (χ2n) is 6.61. The summed E-state index contributed by atoms with van der Waals surface area (Å²) in [5.41, 5.74) is 0.265. The SMILES string of the molecule is O=C(Nc1cccc(F)c1)c1nnc([C@H]2CCCN2S(=O)(=O)c2ccccc2F)s1. The monoisotopic (exact) mass is 450 g/mol. The highest BCUT2D eigenvalue weighted by molar-refractivity contribution is 7.89. The molecule has 0 spiro atoms. The fraction of sp³-hybridized carbons (Fsp3) is 0.211. The maximum Gasteiger partial charge on any atom is 0.286 e. The number of rotatable bonds is 5. The topological polar surface area (TPSA) is 92.3 Å². The smallest absolute Gasteiger partial charge is 0.286 e. The summed E-state index contributed by atoms with van der Waals surface area (Å²) in [6.45, 7) is 0.214. The van der Waals surface area contributed by atoms with Crippen molar-refractivity contribution in [3.05, 3.63) is 70.2 Å². The van der Waals surface area contributed by atoms with E-state index in [0.29, 0.717) is 17.8 Å². The molecule has 0 unspecified atom stereocenters. The molecule has 0 bridgehead atoms. The van der Waals surface area contributed by atoms with E-state index in [1.54, 1.807) is 0 Å². The third-order valence-corrected chi connectivity index (χ3v) is 7.59. The molecule has 1 fully saturated rings. The highest BCUT2D eigenvalue weighted by atomic mass is 32.2. The molecule has 1 N–H and O–H groups in total. The van der Waals surface area contributed by atoms with Crippen LogP contribution in [-0.2, 0) is 10.0 Å². The first kappa shape index (κ1) is 20.5. The molecular weight excluding hydrogens is 434 g/mol. The van der Waals surface area contributed by atoms with E-state index in [2.05, 4.69) is 15.5 Å². The molecule has 0 aliphatic carbocycles. The molecule has 1 aromatic heterocycles. The van der Waals surface area contributed by atoms with Crippen LogP contribution in [0.2, 0.25) is 0 Å². The molecule has 2 aromatic carbocycles. The largest absolute Gasteiger partial charge is 0.320 e. The maximum absolute atomic E-state index is 14.1. The lowest BCUT2D eigenvalue weighted by Gasteiger charge is -2.22. The van der Waals surface area contributed by atoms with Crippen molar-refractivity contribution >= 4 is 33.0 Å². The summed E-state index contributed by atoms with van der Waals surface area (Å²) < 4.78 is 54.5. The van der Waals surface area contributed by atoms with E-state index in [1.807, 2.05) is 0 Å². The molecule has 2 heterocycles. The molecule has 11 heteroatoms. The zero-order valence-electron chi connectivity index (χ0n) is 15.5. The molecule has 1 atom stereocenters. The molecule has 1 amide bonds. The second kappa shape index (κ2) is 8.17. The summed E-state index contributed by atoms with van der Waals surface area (Å²) in [6.07, 6.45) is 1.05. The number of anilines is 1. The van der Waals surface area contributed by atoms with Gasteiger partial charge in [-0.2, -0.15) is 4.31 Å². The number of amides is 1. The van der Waals surface area contributed by atoms with E-state index in [9.17, 15) is 22.0 Å². The minimum atomic E-state index is -4.08. The Labute approximate surface area is 175 Å². The lowest BCUT2D eigenvalue weighted by atomic mass is 10.2. The molecule has 0 radical (unpaired) electrons. The van der Waals surface area contributed by atoms with Crippen LogP contribution in [0.25, 0.3) is 0 Å². The molecule has 0 saturated carbocycles. The zero-order valence-corrected chi connectivity index (χ0v) is 17.1. The number of halogens is 2. The number of carbonyl (C=O) groups excluding carboxylic acids is 1. The summed E-state index contributed by atoms with van der Waals surface area (Å²) in [5, 5.41) is 10.7. The van der Waals surface area contributed by atoms with Gasteiger partial charge in [0.2, 0.25) is 15.0 Å². The Bertz CT molecular complexity index is 1200. The Balaban J connectivity index is 1.56. The lowest BCUT2D eigenvalue weighted by molar-refractivity contribution is 0.102. The minimum Gasteiger partial charge on any atom is -0.320 e. The fourth-order valence-corrected chi connectivity index (χ4v) is 5.95. The lowest BCUT2D eigenvalue weighted by Crippen LogP contribution is -2.31. The second-order valence-corrected chi connectivity index (χ2v) is 9.48. The normalized spacial score (nSPS) is 17.2. The molecule has 4 rings (SSSR count). The van der Waals surface area contributed by atoms with Gasteiger partial charge < -0.3 is 5.32 Å². The zero-order chi connectivity index (χ0) is 21.3. The number of hydrogen-bond acceptors (Lipinski definition) is 6. The van der Waals surface area contributed by atoms with Crippen molar-refractivity contribution in [1.82, 2.24) is 14.5 Å². The molecule has 156 valence electrons. The predicted molar refractivity (Wildman–Crippen MR) is 107 cm³/mol. The third-order valence-electron chi connectivity index (χ3n) is 4.63. The van der Waals surface area contributed by atoms with Crippen molar-refractivity contribution in [3.63, 3.8) is 0 Å². The first-order chi connectivity index (χ1) is 14.4. The van der Waals surface area contributed by atoms with Gasteiger partial charge in [0.05, 0.1) is 6.04 Å². The van der Waals surface area contributed by atoms with Gasteiger partial charge in [0.1, 0.15) is 21.5 Å². The van der Waals surface area contributed by atoms with Crippen molar-refractivity contribution in [2.45, 2.75) is 23.8 Å². The summed E-state index contributed by atoms with van der Waals surface area (Å²) >= 11 is 0.953. The van der Waals surface area contributed by atoms with E-state index >= 15 is 0 Å². The van der Waals surface area contributed by atoms with E-state index in [1.165, 1.54) is 46.8 Å². The van der Waals surface area contributed by atoms with Gasteiger partial charge in [-0.1, -0.05) is 29.5 Å². The molecular formula is C19H16F2N4O3S2. The minimum absolute atomic E-state index is 0.0180. The van der Waals surface area contributed by atoms with Crippen LogP contribution in [0.15, 0.2) is 53.4 Å². The van der Waals surface area contributed by atoms with E-state index in [4.69, 9.17) is 0 Å². The maximum atomic E-state index is 14.1. The van der Waals surface area contributed by atoms with Gasteiger partial charge in [0, 0.05) is 12.2 Å². The van der Waals surface area contributed by atoms with Gasteiger partial charge in [-0.25, -0.2) is 17.2 Å². The van der Waals surface area contributed by atoms with Gasteiger partial charge in [0.25, 0.3) is 5.91 Å². The van der Waals surface area contributed by atoms with E-state index in [0.717, 1.165) is 17.4 Å². The number of aromatic nitrogens is 2. The van der Waals surface area contributed by atoms with Crippen LogP contribution in [0, 0.1) is 11.6 Å². The third kappa shape index (κ3) is 3.95. The van der Waals surface area contributed by atoms with Crippen LogP contribution >= 0.6 is 11.3 Å². The van der Waals surface area contributed by atoms with Gasteiger partial charge in [-0.05, 0) is 43.2 Å². The number of nitrogens with zero attached hydrogens (tertiary/aromatic N) is 3. The Morgan fingerprint density at radius 3 is 2.70 bits per heavy atom. The van der Waals surface area contributed by atoms with Crippen LogP contribution in [0.1, 0.15) is 33.7 Å². The van der Waals surface area contributed by atoms with Crippen molar-refractivity contribution in [3.8, 4) is 0 Å². The first-order valence-corrected chi connectivity index (χ1v) is 11.3. The highest BCUT2D eigenvalue weighted by Crippen LogP contribution is 2.38. The molecule has 1 aliphatic heterocycles. The Morgan fingerprint density at radius 2 is 1.93 bits per heavy atom. The van der Waals surface area contributed by atoms with Crippen molar-refractivity contribution < 1.29 is 22.0 Å².